The minimum Gasteiger partial charge on any atom is -0.480 e. The van der Waals surface area contributed by atoms with Gasteiger partial charge in [0.25, 0.3) is 0 Å². The van der Waals surface area contributed by atoms with Crippen molar-refractivity contribution in [3.05, 3.63) is 0 Å². The Balaban J connectivity index is 1.87. The van der Waals surface area contributed by atoms with Gasteiger partial charge < -0.3 is 15.3 Å². The van der Waals surface area contributed by atoms with Crippen LogP contribution in [0.1, 0.15) is 46.0 Å². The zero-order chi connectivity index (χ0) is 14.9. The molecule has 2 fully saturated rings. The van der Waals surface area contributed by atoms with Crippen molar-refractivity contribution in [1.82, 2.24) is 10.2 Å². The van der Waals surface area contributed by atoms with Gasteiger partial charge in [0.05, 0.1) is 0 Å². The number of carbonyl (C=O) groups is 2. The predicted octanol–water partition coefficient (Wildman–Crippen LogP) is 2.32. The molecule has 114 valence electrons. The number of amides is 2. The molecule has 0 spiro atoms. The fourth-order valence-corrected chi connectivity index (χ4v) is 3.66. The molecule has 4 atom stereocenters. The smallest absolute Gasteiger partial charge is 0.329 e. The number of fused-ring (bicyclic) bond motifs is 2. The minimum absolute atomic E-state index is 0.278. The maximum Gasteiger partial charge on any atom is 0.329 e. The lowest BCUT2D eigenvalue weighted by Gasteiger charge is -2.31. The molecule has 2 aliphatic carbocycles. The molecule has 2 amide bonds. The number of nitrogens with zero attached hydrogens (tertiary/aromatic N) is 1. The van der Waals surface area contributed by atoms with E-state index in [2.05, 4.69) is 5.32 Å². The van der Waals surface area contributed by atoms with Crippen LogP contribution in [-0.4, -0.2) is 41.1 Å². The summed E-state index contributed by atoms with van der Waals surface area (Å²) < 4.78 is 0. The van der Waals surface area contributed by atoms with Crippen molar-refractivity contribution in [2.24, 2.45) is 17.8 Å². The highest BCUT2D eigenvalue weighted by molar-refractivity contribution is 5.85. The summed E-state index contributed by atoms with van der Waals surface area (Å²) in [6.07, 6.45) is 5.57. The van der Waals surface area contributed by atoms with Crippen molar-refractivity contribution >= 4 is 12.0 Å². The van der Waals surface area contributed by atoms with E-state index < -0.39 is 11.5 Å². The minimum atomic E-state index is -1.18. The highest BCUT2D eigenvalue weighted by Gasteiger charge is 2.40. The normalized spacial score (nSPS) is 30.9. The van der Waals surface area contributed by atoms with E-state index in [-0.39, 0.29) is 6.03 Å². The first kappa shape index (κ1) is 15.1. The molecule has 0 aromatic rings. The number of urea groups is 1. The van der Waals surface area contributed by atoms with E-state index in [1.54, 1.807) is 25.8 Å². The molecule has 2 N–H and O–H groups in total. The Hall–Kier alpha value is -1.26. The Kier molecular flexibility index (Phi) is 4.25. The summed E-state index contributed by atoms with van der Waals surface area (Å²) in [5.41, 5.74) is -1.18. The Morgan fingerprint density at radius 3 is 2.50 bits per heavy atom. The van der Waals surface area contributed by atoms with E-state index in [9.17, 15) is 14.7 Å². The topological polar surface area (TPSA) is 69.6 Å². The lowest BCUT2D eigenvalue weighted by Crippen LogP contribution is -2.55. The van der Waals surface area contributed by atoms with Gasteiger partial charge in [-0.25, -0.2) is 9.59 Å². The second-order valence-corrected chi connectivity index (χ2v) is 6.74. The van der Waals surface area contributed by atoms with Crippen LogP contribution in [-0.2, 0) is 4.79 Å². The molecule has 2 saturated carbocycles. The Morgan fingerprint density at radius 1 is 1.35 bits per heavy atom. The summed E-state index contributed by atoms with van der Waals surface area (Å²) in [4.78, 5) is 25.0. The van der Waals surface area contributed by atoms with Crippen molar-refractivity contribution in [1.29, 1.82) is 0 Å². The van der Waals surface area contributed by atoms with Crippen LogP contribution in [0.15, 0.2) is 0 Å². The van der Waals surface area contributed by atoms with Crippen molar-refractivity contribution in [2.45, 2.75) is 51.5 Å². The van der Waals surface area contributed by atoms with Gasteiger partial charge in [0.1, 0.15) is 5.54 Å². The highest BCUT2D eigenvalue weighted by Crippen LogP contribution is 2.48. The Bertz CT molecular complexity index is 399. The summed E-state index contributed by atoms with van der Waals surface area (Å²) in [7, 11) is 1.76. The van der Waals surface area contributed by atoms with Crippen LogP contribution in [0.4, 0.5) is 4.79 Å². The average Bonchev–Trinajstić information content (AvgIpc) is 3.00. The fourth-order valence-electron chi connectivity index (χ4n) is 3.66. The molecule has 20 heavy (non-hydrogen) atoms. The van der Waals surface area contributed by atoms with Crippen molar-refractivity contribution in [3.8, 4) is 0 Å². The third-order valence-electron chi connectivity index (χ3n) is 5.30. The monoisotopic (exact) mass is 282 g/mol. The summed E-state index contributed by atoms with van der Waals surface area (Å²) >= 11 is 0. The number of carboxylic acids is 1. The summed E-state index contributed by atoms with van der Waals surface area (Å²) in [6.45, 7) is 4.06. The highest BCUT2D eigenvalue weighted by atomic mass is 16.4. The molecule has 0 aliphatic heterocycles. The van der Waals surface area contributed by atoms with E-state index in [0.717, 1.165) is 18.4 Å². The number of hydrogen-bond donors (Lipinski definition) is 2. The van der Waals surface area contributed by atoms with Crippen LogP contribution < -0.4 is 5.32 Å². The SMILES string of the molecule is CCC(C)(NC(=O)N(C)CC1CC2CCC1C2)C(=O)O. The van der Waals surface area contributed by atoms with Crippen molar-refractivity contribution < 1.29 is 14.7 Å². The summed E-state index contributed by atoms with van der Waals surface area (Å²) in [5, 5.41) is 11.8. The van der Waals surface area contributed by atoms with Crippen molar-refractivity contribution in [2.75, 3.05) is 13.6 Å². The fraction of sp³-hybridized carbons (Fsp3) is 0.867. The number of hydrogen-bond acceptors (Lipinski definition) is 2. The second kappa shape index (κ2) is 5.62. The molecule has 4 unspecified atom stereocenters. The third kappa shape index (κ3) is 2.91. The maximum absolute atomic E-state index is 12.2. The Morgan fingerprint density at radius 2 is 2.05 bits per heavy atom. The van der Waals surface area contributed by atoms with E-state index >= 15 is 0 Å². The first-order valence-electron chi connectivity index (χ1n) is 7.62. The number of rotatable bonds is 5. The predicted molar refractivity (Wildman–Crippen MR) is 76.4 cm³/mol. The van der Waals surface area contributed by atoms with E-state index in [1.807, 2.05) is 0 Å². The van der Waals surface area contributed by atoms with Gasteiger partial charge in [0.15, 0.2) is 0 Å². The van der Waals surface area contributed by atoms with Crippen LogP contribution in [0.2, 0.25) is 0 Å². The first-order valence-corrected chi connectivity index (χ1v) is 7.62. The van der Waals surface area contributed by atoms with Gasteiger partial charge in [0, 0.05) is 13.6 Å². The lowest BCUT2D eigenvalue weighted by molar-refractivity contribution is -0.143. The molecule has 2 aliphatic rings. The molecular formula is C15H26N2O3. The molecule has 0 aromatic heterocycles. The van der Waals surface area contributed by atoms with Gasteiger partial charge in [-0.1, -0.05) is 13.3 Å². The molecular weight excluding hydrogens is 256 g/mol. The van der Waals surface area contributed by atoms with Crippen LogP contribution in [0.25, 0.3) is 0 Å². The zero-order valence-electron chi connectivity index (χ0n) is 12.7. The van der Waals surface area contributed by atoms with Crippen LogP contribution >= 0.6 is 0 Å². The quantitative estimate of drug-likeness (QED) is 0.813. The number of carbonyl (C=O) groups excluding carboxylic acids is 1. The number of carboxylic acid groups (broad SMARTS) is 1. The van der Waals surface area contributed by atoms with Crippen LogP contribution in [0.5, 0.6) is 0 Å². The lowest BCUT2D eigenvalue weighted by atomic mass is 9.88. The van der Waals surface area contributed by atoms with Gasteiger partial charge in [-0.2, -0.15) is 0 Å². The van der Waals surface area contributed by atoms with Gasteiger partial charge in [-0.15, -0.1) is 0 Å². The molecule has 0 radical (unpaired) electrons. The van der Waals surface area contributed by atoms with Crippen molar-refractivity contribution in [3.63, 3.8) is 0 Å². The molecule has 2 bridgehead atoms. The van der Waals surface area contributed by atoms with Gasteiger partial charge in [-0.05, 0) is 50.4 Å². The zero-order valence-corrected chi connectivity index (χ0v) is 12.7. The molecule has 5 nitrogen and oxygen atoms in total. The van der Waals surface area contributed by atoms with E-state index in [0.29, 0.717) is 12.3 Å². The molecule has 0 heterocycles. The molecule has 2 rings (SSSR count). The van der Waals surface area contributed by atoms with E-state index in [1.165, 1.54) is 25.7 Å². The Labute approximate surface area is 120 Å². The summed E-state index contributed by atoms with van der Waals surface area (Å²) in [5.74, 6) is 1.25. The van der Waals surface area contributed by atoms with Gasteiger partial charge in [-0.3, -0.25) is 0 Å². The summed E-state index contributed by atoms with van der Waals surface area (Å²) in [6, 6.07) is -0.278. The third-order valence-corrected chi connectivity index (χ3v) is 5.30. The molecule has 0 aromatic carbocycles. The largest absolute Gasteiger partial charge is 0.480 e. The maximum atomic E-state index is 12.2. The van der Waals surface area contributed by atoms with Crippen LogP contribution in [0.3, 0.4) is 0 Å². The van der Waals surface area contributed by atoms with Gasteiger partial charge in [0.2, 0.25) is 0 Å². The van der Waals surface area contributed by atoms with E-state index in [4.69, 9.17) is 0 Å². The number of aliphatic carboxylic acids is 1. The second-order valence-electron chi connectivity index (χ2n) is 6.74. The average molecular weight is 282 g/mol. The standard InChI is InChI=1S/C15H26N2O3/c1-4-15(2,13(18)19)16-14(20)17(3)9-12-8-10-5-6-11(12)7-10/h10-12H,4-9H2,1-3H3,(H,16,20)(H,18,19). The van der Waals surface area contributed by atoms with Crippen LogP contribution in [0, 0.1) is 17.8 Å². The molecule has 5 heteroatoms. The number of nitrogens with one attached hydrogen (secondary N) is 1. The molecule has 0 saturated heterocycles. The first-order chi connectivity index (χ1) is 9.35. The van der Waals surface area contributed by atoms with Gasteiger partial charge >= 0.3 is 12.0 Å².